The van der Waals surface area contributed by atoms with Gasteiger partial charge in [0.2, 0.25) is 0 Å². The summed E-state index contributed by atoms with van der Waals surface area (Å²) in [5, 5.41) is 10.0. The number of carbonyl (C=O) groups is 1. The van der Waals surface area contributed by atoms with Crippen LogP contribution in [0.3, 0.4) is 0 Å². The van der Waals surface area contributed by atoms with Crippen LogP contribution in [0.5, 0.6) is 0 Å². The highest BCUT2D eigenvalue weighted by Gasteiger charge is 2.28. The van der Waals surface area contributed by atoms with Gasteiger partial charge in [-0.05, 0) is 25.0 Å². The van der Waals surface area contributed by atoms with Gasteiger partial charge in [-0.2, -0.15) is 0 Å². The van der Waals surface area contributed by atoms with Crippen molar-refractivity contribution < 1.29 is 14.6 Å². The molecule has 0 heterocycles. The molecule has 0 fully saturated rings. The van der Waals surface area contributed by atoms with E-state index in [4.69, 9.17) is 4.74 Å². The highest BCUT2D eigenvalue weighted by atomic mass is 16.5. The number of carbonyl (C=O) groups excluding carboxylic acids is 1. The second-order valence-electron chi connectivity index (χ2n) is 6.14. The van der Waals surface area contributed by atoms with Gasteiger partial charge in [-0.15, -0.1) is 0 Å². The average Bonchev–Trinajstić information content (AvgIpc) is 2.51. The van der Waals surface area contributed by atoms with E-state index in [0.29, 0.717) is 13.0 Å². The molecular formula is C19H24O3. The van der Waals surface area contributed by atoms with E-state index in [1.165, 1.54) is 0 Å². The molecule has 2 rings (SSSR count). The van der Waals surface area contributed by atoms with Crippen LogP contribution in [0.4, 0.5) is 0 Å². The van der Waals surface area contributed by atoms with Gasteiger partial charge < -0.3 is 9.84 Å². The number of rotatable bonds is 6. The Labute approximate surface area is 132 Å². The summed E-state index contributed by atoms with van der Waals surface area (Å²) in [6.07, 6.45) is 6.22. The van der Waals surface area contributed by atoms with Gasteiger partial charge >= 0.3 is 0 Å². The summed E-state index contributed by atoms with van der Waals surface area (Å²) in [6, 6.07) is 9.89. The first-order valence-electron chi connectivity index (χ1n) is 7.70. The van der Waals surface area contributed by atoms with Crippen molar-refractivity contribution in [1.29, 1.82) is 0 Å². The Morgan fingerprint density at radius 1 is 1.36 bits per heavy atom. The van der Waals surface area contributed by atoms with E-state index in [-0.39, 0.29) is 17.8 Å². The van der Waals surface area contributed by atoms with E-state index in [2.05, 4.69) is 6.92 Å². The average molecular weight is 300 g/mol. The number of benzene rings is 1. The highest BCUT2D eigenvalue weighted by molar-refractivity contribution is 5.91. The predicted molar refractivity (Wildman–Crippen MR) is 87.3 cm³/mol. The SMILES string of the molecule is CC1=CC(=O)CC[C@]1(C)/C=C/[C@H](O)COCc1ccccc1. The quantitative estimate of drug-likeness (QED) is 0.819. The minimum atomic E-state index is -0.633. The van der Waals surface area contributed by atoms with E-state index in [1.54, 1.807) is 12.2 Å². The Bertz CT molecular complexity index is 559. The molecule has 1 aliphatic carbocycles. The normalized spacial score (nSPS) is 23.6. The fourth-order valence-corrected chi connectivity index (χ4v) is 2.52. The maximum absolute atomic E-state index is 11.4. The molecule has 118 valence electrons. The summed E-state index contributed by atoms with van der Waals surface area (Å²) in [7, 11) is 0. The molecule has 1 N–H and O–H groups in total. The molecule has 0 saturated carbocycles. The Hall–Kier alpha value is -1.71. The number of hydrogen-bond acceptors (Lipinski definition) is 3. The van der Waals surface area contributed by atoms with Gasteiger partial charge in [-0.25, -0.2) is 0 Å². The van der Waals surface area contributed by atoms with E-state index in [1.807, 2.05) is 43.3 Å². The van der Waals surface area contributed by atoms with E-state index < -0.39 is 6.10 Å². The Morgan fingerprint density at radius 3 is 2.77 bits per heavy atom. The molecule has 0 bridgehead atoms. The Kier molecular flexibility index (Phi) is 5.69. The molecule has 0 unspecified atom stereocenters. The van der Waals surface area contributed by atoms with Crippen LogP contribution in [0.2, 0.25) is 0 Å². The van der Waals surface area contributed by atoms with Gasteiger partial charge in [0, 0.05) is 11.8 Å². The van der Waals surface area contributed by atoms with Gasteiger partial charge in [0.1, 0.15) is 0 Å². The molecule has 0 amide bonds. The lowest BCUT2D eigenvalue weighted by molar-refractivity contribution is -0.115. The molecule has 3 heteroatoms. The first kappa shape index (κ1) is 16.7. The maximum Gasteiger partial charge on any atom is 0.155 e. The van der Waals surface area contributed by atoms with Gasteiger partial charge in [0.05, 0.1) is 19.3 Å². The Balaban J connectivity index is 1.82. The minimum Gasteiger partial charge on any atom is -0.387 e. The topological polar surface area (TPSA) is 46.5 Å². The molecule has 1 aliphatic rings. The minimum absolute atomic E-state index is 0.145. The van der Waals surface area contributed by atoms with Crippen LogP contribution in [-0.2, 0) is 16.1 Å². The van der Waals surface area contributed by atoms with E-state index in [9.17, 15) is 9.90 Å². The monoisotopic (exact) mass is 300 g/mol. The van der Waals surface area contributed by atoms with Crippen LogP contribution in [0.15, 0.2) is 54.1 Å². The second kappa shape index (κ2) is 7.52. The summed E-state index contributed by atoms with van der Waals surface area (Å²) < 4.78 is 5.53. The van der Waals surface area contributed by atoms with Crippen molar-refractivity contribution in [2.24, 2.45) is 5.41 Å². The fraction of sp³-hybridized carbons (Fsp3) is 0.421. The number of hydrogen-bond donors (Lipinski definition) is 1. The maximum atomic E-state index is 11.4. The van der Waals surface area contributed by atoms with Gasteiger partial charge in [0.15, 0.2) is 5.78 Å². The third-order valence-electron chi connectivity index (χ3n) is 4.26. The van der Waals surface area contributed by atoms with Crippen LogP contribution >= 0.6 is 0 Å². The molecule has 0 radical (unpaired) electrons. The lowest BCUT2D eigenvalue weighted by Crippen LogP contribution is -2.23. The van der Waals surface area contributed by atoms with Crippen LogP contribution in [0.25, 0.3) is 0 Å². The predicted octanol–water partition coefficient (Wildman–Crippen LogP) is 3.44. The molecule has 0 spiro atoms. The summed E-state index contributed by atoms with van der Waals surface area (Å²) >= 11 is 0. The molecule has 0 aliphatic heterocycles. The molecule has 3 nitrogen and oxygen atoms in total. The fourth-order valence-electron chi connectivity index (χ4n) is 2.52. The third-order valence-corrected chi connectivity index (χ3v) is 4.26. The second-order valence-corrected chi connectivity index (χ2v) is 6.14. The molecule has 0 saturated heterocycles. The van der Waals surface area contributed by atoms with Gasteiger partial charge in [-0.3, -0.25) is 4.79 Å². The zero-order valence-corrected chi connectivity index (χ0v) is 13.3. The van der Waals surface area contributed by atoms with Crippen LogP contribution in [0, 0.1) is 5.41 Å². The largest absolute Gasteiger partial charge is 0.387 e. The van der Waals surface area contributed by atoms with Crippen LogP contribution < -0.4 is 0 Å². The first-order valence-corrected chi connectivity index (χ1v) is 7.70. The van der Waals surface area contributed by atoms with Crippen molar-refractivity contribution in [2.45, 2.75) is 39.4 Å². The van der Waals surface area contributed by atoms with Crippen molar-refractivity contribution in [3.8, 4) is 0 Å². The lowest BCUT2D eigenvalue weighted by atomic mass is 9.74. The van der Waals surface area contributed by atoms with Crippen molar-refractivity contribution in [3.05, 3.63) is 59.7 Å². The molecule has 22 heavy (non-hydrogen) atoms. The van der Waals surface area contributed by atoms with Gasteiger partial charge in [-0.1, -0.05) is 55.0 Å². The first-order chi connectivity index (χ1) is 10.5. The van der Waals surface area contributed by atoms with Crippen molar-refractivity contribution >= 4 is 5.78 Å². The van der Waals surface area contributed by atoms with Crippen molar-refractivity contribution in [3.63, 3.8) is 0 Å². The number of ether oxygens (including phenoxy) is 1. The molecule has 1 aromatic rings. The zero-order valence-electron chi connectivity index (χ0n) is 13.3. The number of aliphatic hydroxyl groups is 1. The smallest absolute Gasteiger partial charge is 0.155 e. The van der Waals surface area contributed by atoms with Crippen molar-refractivity contribution in [1.82, 2.24) is 0 Å². The van der Waals surface area contributed by atoms with Crippen molar-refractivity contribution in [2.75, 3.05) is 6.61 Å². The highest BCUT2D eigenvalue weighted by Crippen LogP contribution is 2.37. The summed E-state index contributed by atoms with van der Waals surface area (Å²) in [5.74, 6) is 0.190. The number of ketones is 1. The molecule has 1 aromatic carbocycles. The summed E-state index contributed by atoms with van der Waals surface area (Å²) in [4.78, 5) is 11.4. The van der Waals surface area contributed by atoms with E-state index in [0.717, 1.165) is 17.6 Å². The number of aliphatic hydroxyl groups excluding tert-OH is 1. The van der Waals surface area contributed by atoms with Crippen LogP contribution in [0.1, 0.15) is 32.3 Å². The zero-order chi connectivity index (χ0) is 16.0. The summed E-state index contributed by atoms with van der Waals surface area (Å²) in [6.45, 7) is 4.83. The third kappa shape index (κ3) is 4.65. The summed E-state index contributed by atoms with van der Waals surface area (Å²) in [5.41, 5.74) is 2.00. The Morgan fingerprint density at radius 2 is 2.09 bits per heavy atom. The lowest BCUT2D eigenvalue weighted by Gasteiger charge is -2.30. The molecule has 2 atom stereocenters. The molecular weight excluding hydrogens is 276 g/mol. The van der Waals surface area contributed by atoms with E-state index >= 15 is 0 Å². The van der Waals surface area contributed by atoms with Crippen LogP contribution in [-0.4, -0.2) is 23.6 Å². The standard InChI is InChI=1S/C19H24O3/c1-15-12-17(20)8-10-19(15,2)11-9-18(21)14-22-13-16-6-4-3-5-7-16/h3-7,9,11-12,18,21H,8,10,13-14H2,1-2H3/b11-9+/t18-,19+/m0/s1. The number of allylic oxidation sites excluding steroid dienone is 3. The molecule has 0 aromatic heterocycles. The van der Waals surface area contributed by atoms with Gasteiger partial charge in [0.25, 0.3) is 0 Å².